The van der Waals surface area contributed by atoms with Crippen LogP contribution in [0.5, 0.6) is 0 Å². The van der Waals surface area contributed by atoms with Gasteiger partial charge in [0.2, 0.25) is 5.91 Å². The molecule has 2 atom stereocenters. The Morgan fingerprint density at radius 1 is 1.00 bits per heavy atom. The molecule has 2 N–H and O–H groups in total. The van der Waals surface area contributed by atoms with Crippen molar-refractivity contribution in [2.45, 2.75) is 38.3 Å². The summed E-state index contributed by atoms with van der Waals surface area (Å²) in [5, 5.41) is 6.25. The topological polar surface area (TPSA) is 58.2 Å². The Balaban J connectivity index is 1.94. The summed E-state index contributed by atoms with van der Waals surface area (Å²) in [5.41, 5.74) is 1.62. The highest BCUT2D eigenvalue weighted by atomic mass is 35.5. The molecule has 0 aliphatic heterocycles. The third-order valence-electron chi connectivity index (χ3n) is 4.45. The predicted octanol–water partition coefficient (Wildman–Crippen LogP) is 4.33. The smallest absolute Gasteiger partial charge is 0.253 e. The molecule has 0 aliphatic carbocycles. The average Bonchev–Trinajstić information content (AvgIpc) is 2.70. The minimum atomic E-state index is -0.588. The Kier molecular flexibility index (Phi) is 9.38. The Labute approximate surface area is 176 Å². The van der Waals surface area contributed by atoms with Gasteiger partial charge in [-0.05, 0) is 55.9 Å². The number of halogens is 1. The number of benzene rings is 2. The van der Waals surface area contributed by atoms with Gasteiger partial charge in [0.25, 0.3) is 5.91 Å². The molecule has 0 aliphatic rings. The van der Waals surface area contributed by atoms with E-state index in [0.717, 1.165) is 18.6 Å². The van der Waals surface area contributed by atoms with Crippen LogP contribution in [0, 0.1) is 0 Å². The minimum Gasteiger partial charge on any atom is -0.352 e. The fourth-order valence-corrected chi connectivity index (χ4v) is 3.52. The number of amides is 2. The molecular formula is C22H27ClN2O2S. The third-order valence-corrected chi connectivity index (χ3v) is 5.42. The number of carbonyl (C=O) groups is 2. The molecule has 2 aromatic rings. The summed E-state index contributed by atoms with van der Waals surface area (Å²) in [7, 11) is 0. The zero-order chi connectivity index (χ0) is 20.4. The largest absolute Gasteiger partial charge is 0.352 e. The van der Waals surface area contributed by atoms with Crippen molar-refractivity contribution >= 4 is 35.2 Å². The molecule has 0 bridgehead atoms. The summed E-state index contributed by atoms with van der Waals surface area (Å²) in [5.74, 6) is 0.290. The van der Waals surface area contributed by atoms with E-state index in [2.05, 4.69) is 22.8 Å². The van der Waals surface area contributed by atoms with Crippen LogP contribution >= 0.6 is 23.4 Å². The molecule has 0 heterocycles. The van der Waals surface area contributed by atoms with Crippen molar-refractivity contribution < 1.29 is 9.59 Å². The van der Waals surface area contributed by atoms with Gasteiger partial charge in [-0.1, -0.05) is 54.1 Å². The lowest BCUT2D eigenvalue weighted by Gasteiger charge is -2.21. The van der Waals surface area contributed by atoms with Gasteiger partial charge in [0.15, 0.2) is 0 Å². The lowest BCUT2D eigenvalue weighted by atomic mass is 10.1. The van der Waals surface area contributed by atoms with Crippen molar-refractivity contribution in [2.24, 2.45) is 0 Å². The highest BCUT2D eigenvalue weighted by Gasteiger charge is 2.23. The number of aryl methyl sites for hydroxylation is 1. The van der Waals surface area contributed by atoms with Crippen molar-refractivity contribution in [2.75, 3.05) is 12.0 Å². The monoisotopic (exact) mass is 418 g/mol. The molecule has 2 amide bonds. The van der Waals surface area contributed by atoms with Gasteiger partial charge in [0, 0.05) is 6.04 Å². The fourth-order valence-electron chi connectivity index (χ4n) is 2.83. The maximum Gasteiger partial charge on any atom is 0.253 e. The number of nitrogens with one attached hydrogen (secondary N) is 2. The Bertz CT molecular complexity index is 770. The van der Waals surface area contributed by atoms with Crippen LogP contribution in [-0.4, -0.2) is 35.9 Å². The molecule has 0 saturated heterocycles. The minimum absolute atomic E-state index is 0.0155. The van der Waals surface area contributed by atoms with Crippen LogP contribution in [0.25, 0.3) is 0 Å². The van der Waals surface area contributed by atoms with Gasteiger partial charge in [0.05, 0.1) is 10.6 Å². The number of rotatable bonds is 10. The highest BCUT2D eigenvalue weighted by Crippen LogP contribution is 2.15. The van der Waals surface area contributed by atoms with E-state index in [1.54, 1.807) is 36.0 Å². The van der Waals surface area contributed by atoms with Gasteiger partial charge in [-0.25, -0.2) is 0 Å². The van der Waals surface area contributed by atoms with E-state index >= 15 is 0 Å². The summed E-state index contributed by atoms with van der Waals surface area (Å²) in [6, 6.07) is 16.5. The number of thioether (sulfide) groups is 1. The van der Waals surface area contributed by atoms with Crippen LogP contribution < -0.4 is 10.6 Å². The maximum absolute atomic E-state index is 12.8. The first-order valence-electron chi connectivity index (χ1n) is 9.40. The van der Waals surface area contributed by atoms with Gasteiger partial charge < -0.3 is 10.6 Å². The first-order chi connectivity index (χ1) is 13.5. The molecule has 28 heavy (non-hydrogen) atoms. The summed E-state index contributed by atoms with van der Waals surface area (Å²) in [6.45, 7) is 1.99. The van der Waals surface area contributed by atoms with E-state index in [9.17, 15) is 9.59 Å². The first-order valence-corrected chi connectivity index (χ1v) is 11.2. The van der Waals surface area contributed by atoms with E-state index in [4.69, 9.17) is 11.6 Å². The molecule has 0 radical (unpaired) electrons. The van der Waals surface area contributed by atoms with E-state index in [1.165, 1.54) is 5.56 Å². The second-order valence-corrected chi connectivity index (χ2v) is 8.11. The predicted molar refractivity (Wildman–Crippen MR) is 118 cm³/mol. The van der Waals surface area contributed by atoms with Gasteiger partial charge >= 0.3 is 0 Å². The van der Waals surface area contributed by atoms with Crippen LogP contribution in [0.2, 0.25) is 5.02 Å². The average molecular weight is 419 g/mol. The molecule has 150 valence electrons. The van der Waals surface area contributed by atoms with E-state index in [1.807, 2.05) is 31.4 Å². The second-order valence-electron chi connectivity index (χ2n) is 6.72. The van der Waals surface area contributed by atoms with Crippen LogP contribution in [0.4, 0.5) is 0 Å². The molecule has 4 nitrogen and oxygen atoms in total. The maximum atomic E-state index is 12.8. The normalized spacial score (nSPS) is 12.8. The molecule has 0 saturated carbocycles. The van der Waals surface area contributed by atoms with E-state index < -0.39 is 6.04 Å². The zero-order valence-corrected chi connectivity index (χ0v) is 17.9. The molecule has 0 spiro atoms. The van der Waals surface area contributed by atoms with Crippen molar-refractivity contribution in [3.05, 3.63) is 70.7 Å². The molecule has 0 fully saturated rings. The quantitative estimate of drug-likeness (QED) is 0.603. The molecular weight excluding hydrogens is 392 g/mol. The SMILES string of the molecule is CSCCC(NC(=O)c1ccccc1Cl)C(=O)NC(C)CCc1ccccc1. The Hall–Kier alpha value is -1.98. The summed E-state index contributed by atoms with van der Waals surface area (Å²) in [6.07, 6.45) is 4.27. The van der Waals surface area contributed by atoms with Gasteiger partial charge in [-0.15, -0.1) is 0 Å². The summed E-state index contributed by atoms with van der Waals surface area (Å²) >= 11 is 7.75. The lowest BCUT2D eigenvalue weighted by Crippen LogP contribution is -2.49. The highest BCUT2D eigenvalue weighted by molar-refractivity contribution is 7.98. The number of carbonyl (C=O) groups excluding carboxylic acids is 2. The van der Waals surface area contributed by atoms with Gasteiger partial charge in [0.1, 0.15) is 6.04 Å². The summed E-state index contributed by atoms with van der Waals surface area (Å²) < 4.78 is 0. The Morgan fingerprint density at radius 3 is 2.36 bits per heavy atom. The number of hydrogen-bond donors (Lipinski definition) is 2. The standard InChI is InChI=1S/C22H27ClN2O2S/c1-16(12-13-17-8-4-3-5-9-17)24-22(27)20(14-15-28-2)25-21(26)18-10-6-7-11-19(18)23/h3-11,16,20H,12-15H2,1-2H3,(H,24,27)(H,25,26). The first kappa shape index (κ1) is 22.3. The van der Waals surface area contributed by atoms with Gasteiger partial charge in [-0.2, -0.15) is 11.8 Å². The lowest BCUT2D eigenvalue weighted by molar-refractivity contribution is -0.123. The molecule has 2 unspecified atom stereocenters. The van der Waals surface area contributed by atoms with Crippen molar-refractivity contribution in [3.63, 3.8) is 0 Å². The Morgan fingerprint density at radius 2 is 1.68 bits per heavy atom. The van der Waals surface area contributed by atoms with E-state index in [-0.39, 0.29) is 17.9 Å². The van der Waals surface area contributed by atoms with Crippen LogP contribution in [0.3, 0.4) is 0 Å². The number of hydrogen-bond acceptors (Lipinski definition) is 3. The van der Waals surface area contributed by atoms with Crippen LogP contribution in [-0.2, 0) is 11.2 Å². The molecule has 6 heteroatoms. The van der Waals surface area contributed by atoms with Crippen molar-refractivity contribution in [1.29, 1.82) is 0 Å². The summed E-state index contributed by atoms with van der Waals surface area (Å²) in [4.78, 5) is 25.3. The molecule has 2 rings (SSSR count). The van der Waals surface area contributed by atoms with Crippen molar-refractivity contribution in [3.8, 4) is 0 Å². The van der Waals surface area contributed by atoms with Crippen LogP contribution in [0.15, 0.2) is 54.6 Å². The second kappa shape index (κ2) is 11.8. The fraction of sp³-hybridized carbons (Fsp3) is 0.364. The zero-order valence-electron chi connectivity index (χ0n) is 16.3. The van der Waals surface area contributed by atoms with E-state index in [0.29, 0.717) is 17.0 Å². The van der Waals surface area contributed by atoms with Crippen LogP contribution in [0.1, 0.15) is 35.7 Å². The van der Waals surface area contributed by atoms with Crippen molar-refractivity contribution in [1.82, 2.24) is 10.6 Å². The third kappa shape index (κ3) is 7.21. The van der Waals surface area contributed by atoms with Gasteiger partial charge in [-0.3, -0.25) is 9.59 Å². The molecule has 2 aromatic carbocycles. The molecule has 0 aromatic heterocycles.